The Morgan fingerprint density at radius 1 is 0.324 bits per heavy atom. The van der Waals surface area contributed by atoms with E-state index < -0.39 is 85.9 Å². The maximum atomic E-state index is 13.7. The van der Waals surface area contributed by atoms with Gasteiger partial charge in [0.2, 0.25) is 0 Å². The van der Waals surface area contributed by atoms with E-state index in [1.807, 2.05) is 0 Å². The molecule has 0 aliphatic carbocycles. The van der Waals surface area contributed by atoms with Crippen molar-refractivity contribution in [2.45, 2.75) is 85.9 Å². The SMILES string of the molecule is FC(F)(CCCCBr)C(F)(F)C(F)(F)C(F)(F)C(F)(F)C(F)(F)C(F)(F)C(F)(F)CCCCBr. The van der Waals surface area contributed by atoms with Crippen molar-refractivity contribution in [3.8, 4) is 0 Å². The predicted octanol–water partition coefficient (Wildman–Crippen LogP) is 9.20. The third-order valence-electron chi connectivity index (χ3n) is 4.64. The highest BCUT2D eigenvalue weighted by molar-refractivity contribution is 9.09. The largest absolute Gasteiger partial charge is 0.384 e. The van der Waals surface area contributed by atoms with Crippen molar-refractivity contribution in [3.05, 3.63) is 0 Å². The molecule has 0 spiro atoms. The molecule has 206 valence electrons. The van der Waals surface area contributed by atoms with Crippen molar-refractivity contribution in [2.75, 3.05) is 10.7 Å². The lowest BCUT2D eigenvalue weighted by atomic mass is 9.86. The molecule has 0 aliphatic rings. The average Bonchev–Trinajstić information content (AvgIpc) is 2.67. The van der Waals surface area contributed by atoms with E-state index in [-0.39, 0.29) is 10.7 Å². The van der Waals surface area contributed by atoms with E-state index >= 15 is 0 Å². The second-order valence-corrected chi connectivity index (χ2v) is 8.73. The fourth-order valence-electron chi connectivity index (χ4n) is 2.45. The zero-order valence-corrected chi connectivity index (χ0v) is 19.6. The third-order valence-corrected chi connectivity index (χ3v) is 5.76. The third kappa shape index (κ3) is 5.41. The molecule has 0 radical (unpaired) electrons. The Morgan fingerprint density at radius 2 is 0.529 bits per heavy atom. The molecule has 0 saturated heterocycles. The van der Waals surface area contributed by atoms with Gasteiger partial charge in [0.25, 0.3) is 0 Å². The van der Waals surface area contributed by atoms with Crippen LogP contribution < -0.4 is 0 Å². The Hall–Kier alpha value is -0.160. The van der Waals surface area contributed by atoms with E-state index in [9.17, 15) is 70.2 Å². The van der Waals surface area contributed by atoms with E-state index in [4.69, 9.17) is 0 Å². The molecule has 0 amide bonds. The van der Waals surface area contributed by atoms with Crippen molar-refractivity contribution >= 4 is 31.9 Å². The summed E-state index contributed by atoms with van der Waals surface area (Å²) in [5, 5.41) is -0.352. The highest BCUT2D eigenvalue weighted by Crippen LogP contribution is 2.64. The molecule has 0 fully saturated rings. The van der Waals surface area contributed by atoms with Gasteiger partial charge in [-0.2, -0.15) is 70.2 Å². The van der Waals surface area contributed by atoms with Crippen molar-refractivity contribution in [1.29, 1.82) is 0 Å². The average molecular weight is 672 g/mol. The Labute approximate surface area is 199 Å². The summed E-state index contributed by atoms with van der Waals surface area (Å²) in [7, 11) is 0. The van der Waals surface area contributed by atoms with Gasteiger partial charge in [0.1, 0.15) is 0 Å². The number of rotatable bonds is 15. The molecule has 0 rings (SSSR count). The Balaban J connectivity index is 6.46. The molecule has 0 heterocycles. The molecule has 0 aromatic carbocycles. The van der Waals surface area contributed by atoms with Crippen LogP contribution in [0, 0.1) is 0 Å². The molecule has 34 heavy (non-hydrogen) atoms. The smallest absolute Gasteiger partial charge is 0.200 e. The van der Waals surface area contributed by atoms with E-state index in [0.29, 0.717) is 0 Å². The van der Waals surface area contributed by atoms with Gasteiger partial charge in [0.15, 0.2) is 0 Å². The summed E-state index contributed by atoms with van der Waals surface area (Å²) in [6.07, 6.45) is -7.64. The van der Waals surface area contributed by atoms with Crippen molar-refractivity contribution < 1.29 is 70.2 Å². The molecule has 18 heteroatoms. The fraction of sp³-hybridized carbons (Fsp3) is 1.00. The van der Waals surface area contributed by atoms with Gasteiger partial charge in [0.05, 0.1) is 0 Å². The summed E-state index contributed by atoms with van der Waals surface area (Å²) in [5.41, 5.74) is 0. The maximum absolute atomic E-state index is 13.7. The summed E-state index contributed by atoms with van der Waals surface area (Å²) in [5.74, 6) is -60.3. The van der Waals surface area contributed by atoms with Crippen LogP contribution in [0.2, 0.25) is 0 Å². The topological polar surface area (TPSA) is 0 Å². The summed E-state index contributed by atoms with van der Waals surface area (Å²) in [4.78, 5) is 0. The first-order valence-corrected chi connectivity index (χ1v) is 11.3. The van der Waals surface area contributed by atoms with Gasteiger partial charge in [0, 0.05) is 23.5 Å². The fourth-order valence-corrected chi connectivity index (χ4v) is 3.24. The van der Waals surface area contributed by atoms with E-state index in [1.54, 1.807) is 0 Å². The van der Waals surface area contributed by atoms with Crippen LogP contribution in [-0.2, 0) is 0 Å². The normalized spacial score (nSPS) is 15.7. The van der Waals surface area contributed by atoms with Crippen molar-refractivity contribution in [2.24, 2.45) is 0 Å². The summed E-state index contributed by atoms with van der Waals surface area (Å²) in [6.45, 7) is 0. The molecular weight excluding hydrogens is 656 g/mol. The number of hydrogen-bond acceptors (Lipinski definition) is 0. The molecule has 0 nitrogen and oxygen atoms in total. The molecule has 0 saturated carbocycles. The molecule has 0 aromatic rings. The van der Waals surface area contributed by atoms with Crippen molar-refractivity contribution in [3.63, 3.8) is 0 Å². The van der Waals surface area contributed by atoms with Gasteiger partial charge in [-0.25, -0.2) is 0 Å². The zero-order valence-electron chi connectivity index (χ0n) is 16.5. The first kappa shape index (κ1) is 33.8. The summed E-state index contributed by atoms with van der Waals surface area (Å²) >= 11 is 5.25. The minimum atomic E-state index is -8.35. The van der Waals surface area contributed by atoms with Crippen LogP contribution in [0.15, 0.2) is 0 Å². The second-order valence-electron chi connectivity index (χ2n) is 7.15. The minimum absolute atomic E-state index is 0.176. The first-order valence-electron chi connectivity index (χ1n) is 9.02. The number of hydrogen-bond donors (Lipinski definition) is 0. The van der Waals surface area contributed by atoms with E-state index in [1.165, 1.54) is 0 Å². The predicted molar refractivity (Wildman–Crippen MR) is 94.9 cm³/mol. The lowest BCUT2D eigenvalue weighted by Crippen LogP contribution is -2.74. The van der Waals surface area contributed by atoms with Gasteiger partial charge in [-0.15, -0.1) is 0 Å². The van der Waals surface area contributed by atoms with Crippen molar-refractivity contribution in [1.82, 2.24) is 0 Å². The van der Waals surface area contributed by atoms with Gasteiger partial charge in [-0.05, 0) is 25.7 Å². The Bertz CT molecular complexity index is 605. The molecule has 0 aromatic heterocycles. The van der Waals surface area contributed by atoms with Gasteiger partial charge in [-0.3, -0.25) is 0 Å². The van der Waals surface area contributed by atoms with Gasteiger partial charge >= 0.3 is 47.4 Å². The van der Waals surface area contributed by atoms with Crippen LogP contribution in [-0.4, -0.2) is 58.0 Å². The summed E-state index contributed by atoms with van der Waals surface area (Å²) < 4.78 is 219. The monoisotopic (exact) mass is 670 g/mol. The number of unbranched alkanes of at least 4 members (excludes halogenated alkanes) is 2. The standard InChI is InChI=1S/C16H16Br2F16/c17-7-3-1-5-9(19,20)11(23,24)13(27,28)15(31,32)16(33,34)14(29,30)12(25,26)10(21,22)6-2-4-8-18/h1-8H2. The van der Waals surface area contributed by atoms with Crippen LogP contribution in [0.5, 0.6) is 0 Å². The van der Waals surface area contributed by atoms with E-state index in [2.05, 4.69) is 31.9 Å². The van der Waals surface area contributed by atoms with E-state index in [0.717, 1.165) is 0 Å². The Kier molecular flexibility index (Phi) is 10.6. The lowest BCUT2D eigenvalue weighted by Gasteiger charge is -2.43. The molecular formula is C16H16Br2F16. The van der Waals surface area contributed by atoms with Crippen LogP contribution in [0.1, 0.15) is 38.5 Å². The molecule has 0 N–H and O–H groups in total. The summed E-state index contributed by atoms with van der Waals surface area (Å²) in [6, 6.07) is 0. The highest BCUT2D eigenvalue weighted by atomic mass is 79.9. The van der Waals surface area contributed by atoms with Crippen LogP contribution in [0.4, 0.5) is 70.2 Å². The van der Waals surface area contributed by atoms with Crippen LogP contribution >= 0.6 is 31.9 Å². The van der Waals surface area contributed by atoms with Gasteiger partial charge < -0.3 is 0 Å². The molecule has 0 atom stereocenters. The zero-order chi connectivity index (χ0) is 27.7. The minimum Gasteiger partial charge on any atom is -0.200 e. The number of alkyl halides is 18. The Morgan fingerprint density at radius 3 is 0.735 bits per heavy atom. The highest BCUT2D eigenvalue weighted by Gasteiger charge is 2.94. The van der Waals surface area contributed by atoms with Gasteiger partial charge in [-0.1, -0.05) is 31.9 Å². The molecule has 0 unspecified atom stereocenters. The maximum Gasteiger partial charge on any atom is 0.384 e. The number of halogens is 18. The van der Waals surface area contributed by atoms with Crippen LogP contribution in [0.3, 0.4) is 0 Å². The van der Waals surface area contributed by atoms with Crippen LogP contribution in [0.25, 0.3) is 0 Å². The lowest BCUT2D eigenvalue weighted by molar-refractivity contribution is -0.453. The first-order chi connectivity index (χ1) is 14.9. The second kappa shape index (κ2) is 10.7. The molecule has 0 aliphatic heterocycles. The molecule has 0 bridgehead atoms. The quantitative estimate of drug-likeness (QED) is 0.0926.